The Morgan fingerprint density at radius 2 is 1.43 bits per heavy atom. The van der Waals surface area contributed by atoms with Crippen molar-refractivity contribution in [1.29, 1.82) is 0 Å². The van der Waals surface area contributed by atoms with Crippen molar-refractivity contribution in [3.63, 3.8) is 0 Å². The van der Waals surface area contributed by atoms with Crippen molar-refractivity contribution < 1.29 is 13.9 Å². The molecule has 4 rings (SSSR count). The van der Waals surface area contributed by atoms with Crippen LogP contribution >= 0.6 is 11.8 Å². The van der Waals surface area contributed by atoms with E-state index >= 15 is 0 Å². The number of hydrogen-bond acceptors (Lipinski definition) is 5. The molecule has 0 aliphatic rings. The van der Waals surface area contributed by atoms with E-state index in [-0.39, 0.29) is 5.04 Å². The zero-order valence-corrected chi connectivity index (χ0v) is 29.0. The standard InChI is InChI=1S/C34H46N2O3SSi2/c1-34(2,3)42(30-14-10-8-11-15-30,31-16-12-9-13-17-31)39-24-32-33(40-25-28-18-20-29(37-4)21-19-28)35-26-36(32)27-38-22-23-41(5,6)7/h8-21,26H,22-25,27H2,1-7H3. The van der Waals surface area contributed by atoms with Crippen LogP contribution in [-0.4, -0.2) is 39.7 Å². The fourth-order valence-corrected chi connectivity index (χ4v) is 11.3. The van der Waals surface area contributed by atoms with Crippen LogP contribution in [-0.2, 0) is 28.3 Å². The highest BCUT2D eigenvalue weighted by atomic mass is 32.2. The van der Waals surface area contributed by atoms with Gasteiger partial charge in [-0.1, -0.05) is 125 Å². The molecule has 0 unspecified atom stereocenters. The first-order valence-electron chi connectivity index (χ1n) is 14.7. The minimum Gasteiger partial charge on any atom is -0.497 e. The third-order valence-corrected chi connectivity index (χ3v) is 15.3. The van der Waals surface area contributed by atoms with Gasteiger partial charge in [-0.15, -0.1) is 0 Å². The van der Waals surface area contributed by atoms with Gasteiger partial charge in [0.25, 0.3) is 8.32 Å². The Morgan fingerprint density at radius 1 is 0.833 bits per heavy atom. The van der Waals surface area contributed by atoms with E-state index in [1.54, 1.807) is 18.9 Å². The average Bonchev–Trinajstić information content (AvgIpc) is 3.36. The summed E-state index contributed by atoms with van der Waals surface area (Å²) in [6, 6.07) is 31.0. The molecule has 0 aliphatic carbocycles. The van der Waals surface area contributed by atoms with Crippen LogP contribution < -0.4 is 15.1 Å². The van der Waals surface area contributed by atoms with Gasteiger partial charge in [0.2, 0.25) is 0 Å². The summed E-state index contributed by atoms with van der Waals surface area (Å²) in [7, 11) is -2.20. The van der Waals surface area contributed by atoms with Gasteiger partial charge in [-0.2, -0.15) is 0 Å². The number of methoxy groups -OCH3 is 1. The molecular formula is C34H46N2O3SSi2. The predicted octanol–water partition coefficient (Wildman–Crippen LogP) is 7.57. The van der Waals surface area contributed by atoms with E-state index in [9.17, 15) is 0 Å². The van der Waals surface area contributed by atoms with Crippen LogP contribution in [0.4, 0.5) is 0 Å². The minimum absolute atomic E-state index is 0.106. The van der Waals surface area contributed by atoms with Crippen LogP contribution in [0.25, 0.3) is 0 Å². The van der Waals surface area contributed by atoms with Gasteiger partial charge in [-0.25, -0.2) is 4.98 Å². The molecule has 1 aromatic heterocycles. The molecule has 0 saturated heterocycles. The fraction of sp³-hybridized carbons (Fsp3) is 0.382. The largest absolute Gasteiger partial charge is 0.497 e. The van der Waals surface area contributed by atoms with Crippen LogP contribution in [0.3, 0.4) is 0 Å². The third kappa shape index (κ3) is 8.05. The van der Waals surface area contributed by atoms with E-state index in [0.717, 1.165) is 34.9 Å². The minimum atomic E-state index is -2.71. The Hall–Kier alpha value is -2.63. The lowest BCUT2D eigenvalue weighted by Crippen LogP contribution is -2.66. The van der Waals surface area contributed by atoms with Crippen molar-refractivity contribution in [2.45, 2.75) is 75.6 Å². The van der Waals surface area contributed by atoms with Gasteiger partial charge in [0.15, 0.2) is 0 Å². The van der Waals surface area contributed by atoms with E-state index in [1.807, 2.05) is 18.5 Å². The van der Waals surface area contributed by atoms with Crippen molar-refractivity contribution in [2.24, 2.45) is 0 Å². The summed E-state index contributed by atoms with van der Waals surface area (Å²) in [6.45, 7) is 15.8. The van der Waals surface area contributed by atoms with Gasteiger partial charge in [0.1, 0.15) is 17.5 Å². The van der Waals surface area contributed by atoms with Crippen molar-refractivity contribution in [3.05, 3.63) is 103 Å². The van der Waals surface area contributed by atoms with Crippen LogP contribution in [0.5, 0.6) is 5.75 Å². The molecule has 42 heavy (non-hydrogen) atoms. The van der Waals surface area contributed by atoms with E-state index < -0.39 is 16.4 Å². The highest BCUT2D eigenvalue weighted by Gasteiger charge is 2.50. The molecule has 0 fully saturated rings. The molecule has 4 aromatic rings. The molecule has 8 heteroatoms. The van der Waals surface area contributed by atoms with E-state index in [0.29, 0.717) is 13.3 Å². The number of rotatable bonds is 14. The smallest absolute Gasteiger partial charge is 0.261 e. The van der Waals surface area contributed by atoms with E-state index in [1.165, 1.54) is 15.9 Å². The number of hydrogen-bond donors (Lipinski definition) is 0. The zero-order valence-electron chi connectivity index (χ0n) is 26.2. The van der Waals surface area contributed by atoms with Crippen LogP contribution in [0.15, 0.2) is 96.3 Å². The quantitative estimate of drug-likeness (QED) is 0.0829. The number of nitrogens with zero attached hydrogens (tertiary/aromatic N) is 2. The molecule has 5 nitrogen and oxygen atoms in total. The summed E-state index contributed by atoms with van der Waals surface area (Å²) in [5.41, 5.74) is 2.29. The molecule has 0 amide bonds. The Kier molecular flexibility index (Phi) is 10.9. The number of thioether (sulfide) groups is 1. The van der Waals surface area contributed by atoms with Crippen LogP contribution in [0, 0.1) is 0 Å². The summed E-state index contributed by atoms with van der Waals surface area (Å²) in [5.74, 6) is 1.67. The van der Waals surface area contributed by atoms with Crippen molar-refractivity contribution in [2.75, 3.05) is 13.7 Å². The molecule has 0 spiro atoms. The number of imidazole rings is 1. The van der Waals surface area contributed by atoms with Gasteiger partial charge in [-0.3, -0.25) is 0 Å². The van der Waals surface area contributed by atoms with Gasteiger partial charge in [0.05, 0.1) is 25.7 Å². The molecule has 0 aliphatic heterocycles. The van der Waals surface area contributed by atoms with E-state index in [4.69, 9.17) is 18.9 Å². The SMILES string of the molecule is COc1ccc(CSc2ncn(COCC[Si](C)(C)C)c2CO[Si](c2ccccc2)(c2ccccc2)C(C)(C)C)cc1. The monoisotopic (exact) mass is 618 g/mol. The Labute approximate surface area is 258 Å². The summed E-state index contributed by atoms with van der Waals surface area (Å²) >= 11 is 1.74. The van der Waals surface area contributed by atoms with Crippen molar-refractivity contribution in [1.82, 2.24) is 9.55 Å². The molecule has 0 N–H and O–H groups in total. The number of benzene rings is 3. The fourth-order valence-electron chi connectivity index (χ4n) is 5.12. The molecule has 1 heterocycles. The lowest BCUT2D eigenvalue weighted by atomic mass is 10.2. The maximum atomic E-state index is 7.33. The lowest BCUT2D eigenvalue weighted by Gasteiger charge is -2.43. The summed E-state index contributed by atoms with van der Waals surface area (Å²) in [4.78, 5) is 4.87. The van der Waals surface area contributed by atoms with Gasteiger partial charge in [0, 0.05) is 20.4 Å². The zero-order chi connectivity index (χ0) is 30.2. The van der Waals surface area contributed by atoms with Gasteiger partial charge >= 0.3 is 0 Å². The summed E-state index contributed by atoms with van der Waals surface area (Å²) in [6.07, 6.45) is 1.91. The number of ether oxygens (including phenoxy) is 2. The first-order chi connectivity index (χ1) is 20.0. The molecule has 0 atom stereocenters. The average molecular weight is 619 g/mol. The van der Waals surface area contributed by atoms with Crippen molar-refractivity contribution >= 4 is 38.5 Å². The Morgan fingerprint density at radius 3 is 1.95 bits per heavy atom. The van der Waals surface area contributed by atoms with Gasteiger partial charge < -0.3 is 18.5 Å². The molecule has 0 saturated carbocycles. The molecule has 0 radical (unpaired) electrons. The highest BCUT2D eigenvalue weighted by molar-refractivity contribution is 7.98. The van der Waals surface area contributed by atoms with Gasteiger partial charge in [-0.05, 0) is 39.2 Å². The Bertz CT molecular complexity index is 1340. The lowest BCUT2D eigenvalue weighted by molar-refractivity contribution is 0.0823. The van der Waals surface area contributed by atoms with Crippen LogP contribution in [0.2, 0.25) is 30.7 Å². The first kappa shape index (κ1) is 32.3. The second-order valence-corrected chi connectivity index (χ2v) is 23.8. The summed E-state index contributed by atoms with van der Waals surface area (Å²) in [5, 5.41) is 3.42. The topological polar surface area (TPSA) is 45.5 Å². The van der Waals surface area contributed by atoms with Crippen molar-refractivity contribution in [3.8, 4) is 5.75 Å². The predicted molar refractivity (Wildman–Crippen MR) is 181 cm³/mol. The second-order valence-electron chi connectivity index (χ2n) is 12.9. The summed E-state index contributed by atoms with van der Waals surface area (Å²) < 4.78 is 21.0. The van der Waals surface area contributed by atoms with Crippen LogP contribution in [0.1, 0.15) is 32.0 Å². The first-order valence-corrected chi connectivity index (χ1v) is 21.3. The molecule has 0 bridgehead atoms. The maximum Gasteiger partial charge on any atom is 0.261 e. The number of aromatic nitrogens is 2. The maximum absolute atomic E-state index is 7.33. The normalized spacial score (nSPS) is 12.5. The molecule has 224 valence electrons. The third-order valence-electron chi connectivity index (χ3n) is 7.51. The highest BCUT2D eigenvalue weighted by Crippen LogP contribution is 2.38. The molecule has 3 aromatic carbocycles. The molecular weight excluding hydrogens is 573 g/mol. The Balaban J connectivity index is 1.66. The van der Waals surface area contributed by atoms with E-state index in [2.05, 4.69) is 118 Å². The second kappa shape index (κ2) is 14.2.